The number of aromatic nitrogens is 2. The Kier molecular flexibility index (Phi) is 6.33. The van der Waals surface area contributed by atoms with Gasteiger partial charge in [-0.3, -0.25) is 14.4 Å². The maximum Gasteiger partial charge on any atom is 0.273 e. The lowest BCUT2D eigenvalue weighted by Gasteiger charge is -2.42. The minimum atomic E-state index is -0.204. The van der Waals surface area contributed by atoms with Gasteiger partial charge in [-0.1, -0.05) is 11.6 Å². The second-order valence-corrected chi connectivity index (χ2v) is 7.27. The molecule has 2 fully saturated rings. The van der Waals surface area contributed by atoms with Gasteiger partial charge < -0.3 is 14.8 Å². The molecule has 1 amide bonds. The van der Waals surface area contributed by atoms with E-state index in [1.807, 2.05) is 6.92 Å². The van der Waals surface area contributed by atoms with E-state index in [2.05, 4.69) is 15.3 Å². The van der Waals surface area contributed by atoms with Crippen LogP contribution in [-0.4, -0.2) is 73.2 Å². The van der Waals surface area contributed by atoms with E-state index in [9.17, 15) is 4.79 Å². The number of morpholine rings is 1. The zero-order valence-corrected chi connectivity index (χ0v) is 15.6. The van der Waals surface area contributed by atoms with Gasteiger partial charge in [0.1, 0.15) is 0 Å². The van der Waals surface area contributed by atoms with Crippen molar-refractivity contribution < 1.29 is 14.3 Å². The van der Waals surface area contributed by atoms with Crippen molar-refractivity contribution in [2.45, 2.75) is 26.3 Å². The molecule has 0 saturated carbocycles. The van der Waals surface area contributed by atoms with Crippen LogP contribution in [0.3, 0.4) is 0 Å². The monoisotopic (exact) mass is 370 g/mol. The quantitative estimate of drug-likeness (QED) is 0.820. The number of rotatable bonds is 6. The van der Waals surface area contributed by atoms with E-state index in [-0.39, 0.29) is 11.3 Å². The van der Waals surface area contributed by atoms with Crippen LogP contribution < -0.4 is 5.32 Å². The lowest BCUT2D eigenvalue weighted by molar-refractivity contribution is -0.0283. The van der Waals surface area contributed by atoms with Crippen molar-refractivity contribution >= 4 is 17.5 Å². The molecule has 0 atom stereocenters. The number of halogens is 1. The topological polar surface area (TPSA) is 68.6 Å². The van der Waals surface area contributed by atoms with E-state index in [1.165, 1.54) is 0 Å². The van der Waals surface area contributed by atoms with E-state index in [0.29, 0.717) is 23.8 Å². The highest BCUT2D eigenvalue weighted by Gasteiger charge is 2.35. The van der Waals surface area contributed by atoms with Crippen LogP contribution in [0.1, 0.15) is 30.3 Å². The molecule has 140 valence electrons. The van der Waals surface area contributed by atoms with E-state index in [0.717, 1.165) is 58.9 Å². The first-order valence-corrected chi connectivity index (χ1v) is 9.39. The first kappa shape index (κ1) is 18.6. The number of nitrogens with zero attached hydrogens (tertiary/aromatic N) is 3. The van der Waals surface area contributed by atoms with E-state index < -0.39 is 0 Å². The number of carbonyl (C=O) groups excluding carboxylic acids is 1. The van der Waals surface area contributed by atoms with Gasteiger partial charge in [-0.2, -0.15) is 5.10 Å². The molecule has 0 aliphatic carbocycles. The molecule has 1 aromatic heterocycles. The number of amides is 1. The Bertz CT molecular complexity index is 580. The van der Waals surface area contributed by atoms with Gasteiger partial charge in [-0.15, -0.1) is 0 Å². The molecule has 3 heterocycles. The summed E-state index contributed by atoms with van der Waals surface area (Å²) in [5.74, 6) is -0.204. The van der Waals surface area contributed by atoms with Crippen LogP contribution in [0.25, 0.3) is 0 Å². The van der Waals surface area contributed by atoms with E-state index in [1.54, 1.807) is 10.9 Å². The average molecular weight is 371 g/mol. The fourth-order valence-corrected chi connectivity index (χ4v) is 3.73. The first-order chi connectivity index (χ1) is 12.1. The molecular formula is C17H27ClN4O3. The highest BCUT2D eigenvalue weighted by atomic mass is 35.5. The highest BCUT2D eigenvalue weighted by Crippen LogP contribution is 2.31. The molecule has 3 rings (SSSR count). The fourth-order valence-electron chi connectivity index (χ4n) is 3.49. The van der Waals surface area contributed by atoms with Gasteiger partial charge in [0.2, 0.25) is 0 Å². The van der Waals surface area contributed by atoms with E-state index >= 15 is 0 Å². The third kappa shape index (κ3) is 4.73. The van der Waals surface area contributed by atoms with Crippen LogP contribution in [0.4, 0.5) is 0 Å². The molecule has 1 aromatic rings. The summed E-state index contributed by atoms with van der Waals surface area (Å²) in [5.41, 5.74) is 0.336. The summed E-state index contributed by atoms with van der Waals surface area (Å²) in [6.45, 7) is 9.16. The molecule has 2 saturated heterocycles. The summed E-state index contributed by atoms with van der Waals surface area (Å²) in [5, 5.41) is 7.71. The molecule has 0 bridgehead atoms. The molecule has 1 N–H and O–H groups in total. The second kappa shape index (κ2) is 8.49. The molecule has 2 aliphatic heterocycles. The summed E-state index contributed by atoms with van der Waals surface area (Å²) in [4.78, 5) is 15.0. The van der Waals surface area contributed by atoms with Gasteiger partial charge >= 0.3 is 0 Å². The Morgan fingerprint density at radius 2 is 1.96 bits per heavy atom. The average Bonchev–Trinajstić information content (AvgIpc) is 3.02. The minimum absolute atomic E-state index is 0.0328. The minimum Gasteiger partial charge on any atom is -0.381 e. The number of nitrogens with one attached hydrogen (secondary N) is 1. The largest absolute Gasteiger partial charge is 0.381 e. The smallest absolute Gasteiger partial charge is 0.273 e. The van der Waals surface area contributed by atoms with Crippen LogP contribution in [0.5, 0.6) is 0 Å². The number of hydrogen-bond acceptors (Lipinski definition) is 5. The predicted octanol–water partition coefficient (Wildman–Crippen LogP) is 1.42. The molecule has 0 unspecified atom stereocenters. The lowest BCUT2D eigenvalue weighted by atomic mass is 9.79. The van der Waals surface area contributed by atoms with Crippen molar-refractivity contribution in [3.63, 3.8) is 0 Å². The van der Waals surface area contributed by atoms with Crippen LogP contribution >= 0.6 is 11.6 Å². The number of ether oxygens (including phenoxy) is 2. The van der Waals surface area contributed by atoms with E-state index in [4.69, 9.17) is 21.1 Å². The van der Waals surface area contributed by atoms with Crippen molar-refractivity contribution in [2.75, 3.05) is 52.6 Å². The maximum atomic E-state index is 12.5. The van der Waals surface area contributed by atoms with Crippen LogP contribution in [0, 0.1) is 5.41 Å². The van der Waals surface area contributed by atoms with Gasteiger partial charge in [0.15, 0.2) is 5.69 Å². The summed E-state index contributed by atoms with van der Waals surface area (Å²) >= 11 is 6.14. The molecule has 2 aliphatic rings. The van der Waals surface area contributed by atoms with Gasteiger partial charge in [-0.25, -0.2) is 0 Å². The SMILES string of the molecule is CCn1cc(Cl)c(C(=O)NCC2(CN3CCOCC3)CCOCC2)n1. The molecule has 0 aromatic carbocycles. The zero-order valence-electron chi connectivity index (χ0n) is 14.8. The van der Waals surface area contributed by atoms with Crippen LogP contribution in [0.2, 0.25) is 5.02 Å². The molecular weight excluding hydrogens is 344 g/mol. The molecule has 0 radical (unpaired) electrons. The van der Waals surface area contributed by atoms with Crippen molar-refractivity contribution in [3.8, 4) is 0 Å². The predicted molar refractivity (Wildman–Crippen MR) is 95.0 cm³/mol. The Morgan fingerprint density at radius 3 is 2.60 bits per heavy atom. The maximum absolute atomic E-state index is 12.5. The van der Waals surface area contributed by atoms with Crippen LogP contribution in [0.15, 0.2) is 6.20 Å². The fraction of sp³-hybridized carbons (Fsp3) is 0.765. The summed E-state index contributed by atoms with van der Waals surface area (Å²) < 4.78 is 12.7. The third-order valence-corrected chi connectivity index (χ3v) is 5.37. The highest BCUT2D eigenvalue weighted by molar-refractivity contribution is 6.33. The Balaban J connectivity index is 1.63. The lowest BCUT2D eigenvalue weighted by Crippen LogP contribution is -2.50. The van der Waals surface area contributed by atoms with Gasteiger partial charge in [0.05, 0.1) is 18.2 Å². The molecule has 0 spiro atoms. The molecule has 8 heteroatoms. The second-order valence-electron chi connectivity index (χ2n) is 6.86. The summed E-state index contributed by atoms with van der Waals surface area (Å²) in [7, 11) is 0. The normalized spacial score (nSPS) is 21.2. The number of hydrogen-bond donors (Lipinski definition) is 1. The van der Waals surface area contributed by atoms with Gasteiger partial charge in [0.25, 0.3) is 5.91 Å². The van der Waals surface area contributed by atoms with Crippen molar-refractivity contribution in [1.82, 2.24) is 20.0 Å². The Hall–Kier alpha value is -1.15. The summed E-state index contributed by atoms with van der Waals surface area (Å²) in [6.07, 6.45) is 3.58. The number of aryl methyl sites for hydroxylation is 1. The molecule has 25 heavy (non-hydrogen) atoms. The molecule has 7 nitrogen and oxygen atoms in total. The van der Waals surface area contributed by atoms with Crippen molar-refractivity contribution in [3.05, 3.63) is 16.9 Å². The van der Waals surface area contributed by atoms with Gasteiger partial charge in [0, 0.05) is 57.5 Å². The third-order valence-electron chi connectivity index (χ3n) is 5.10. The Morgan fingerprint density at radius 1 is 1.28 bits per heavy atom. The standard InChI is InChI=1S/C17H27ClN4O3/c1-2-22-11-14(18)15(20-22)16(23)19-12-17(3-7-24-8-4-17)13-21-5-9-25-10-6-21/h11H,2-10,12-13H2,1H3,(H,19,23). The van der Waals surface area contributed by atoms with Crippen molar-refractivity contribution in [1.29, 1.82) is 0 Å². The zero-order chi connectivity index (χ0) is 17.7. The first-order valence-electron chi connectivity index (χ1n) is 9.01. The summed E-state index contributed by atoms with van der Waals surface area (Å²) in [6, 6.07) is 0. The van der Waals surface area contributed by atoms with Crippen LogP contribution in [-0.2, 0) is 16.0 Å². The van der Waals surface area contributed by atoms with Gasteiger partial charge in [-0.05, 0) is 19.8 Å². The van der Waals surface area contributed by atoms with Crippen molar-refractivity contribution in [2.24, 2.45) is 5.41 Å². The Labute approximate surface area is 153 Å². The number of carbonyl (C=O) groups is 1.